The van der Waals surface area contributed by atoms with Gasteiger partial charge in [0.05, 0.1) is 0 Å². The maximum absolute atomic E-state index is 2.66. The van der Waals surface area contributed by atoms with Gasteiger partial charge in [0.25, 0.3) is 0 Å². The van der Waals surface area contributed by atoms with Crippen molar-refractivity contribution < 1.29 is 0 Å². The molecule has 2 rings (SSSR count). The van der Waals surface area contributed by atoms with E-state index in [1.807, 2.05) is 0 Å². The van der Waals surface area contributed by atoms with Crippen LogP contribution in [-0.4, -0.2) is 49.1 Å². The molecule has 0 saturated carbocycles. The molecule has 2 nitrogen and oxygen atoms in total. The van der Waals surface area contributed by atoms with Gasteiger partial charge in [-0.1, -0.05) is 19.1 Å². The van der Waals surface area contributed by atoms with E-state index in [2.05, 4.69) is 28.9 Å². The van der Waals surface area contributed by atoms with Crippen molar-refractivity contribution in [3.8, 4) is 0 Å². The molecule has 1 atom stereocenters. The Hall–Kier alpha value is -0.340. The number of hydrogen-bond donors (Lipinski definition) is 0. The first-order valence-electron chi connectivity index (χ1n) is 6.48. The largest absolute Gasteiger partial charge is 0.301 e. The van der Waals surface area contributed by atoms with Crippen LogP contribution in [-0.2, 0) is 0 Å². The number of rotatable bonds is 3. The molecule has 0 N–H and O–H groups in total. The second-order valence-corrected chi connectivity index (χ2v) is 4.89. The van der Waals surface area contributed by atoms with E-state index in [0.717, 1.165) is 5.92 Å². The van der Waals surface area contributed by atoms with Gasteiger partial charge in [0.15, 0.2) is 0 Å². The summed E-state index contributed by atoms with van der Waals surface area (Å²) in [6.45, 7) is 9.95. The molecule has 15 heavy (non-hydrogen) atoms. The molecule has 0 aromatic carbocycles. The molecule has 0 aromatic heterocycles. The first-order valence-corrected chi connectivity index (χ1v) is 6.48. The third-order valence-electron chi connectivity index (χ3n) is 3.81. The lowest BCUT2D eigenvalue weighted by molar-refractivity contribution is 0.120. The van der Waals surface area contributed by atoms with E-state index in [1.165, 1.54) is 58.5 Å². The maximum atomic E-state index is 2.66. The summed E-state index contributed by atoms with van der Waals surface area (Å²) in [7, 11) is 0. The predicted molar refractivity (Wildman–Crippen MR) is 65.0 cm³/mol. The minimum absolute atomic E-state index is 0.933. The zero-order valence-corrected chi connectivity index (χ0v) is 9.99. The molecule has 1 unspecified atom stereocenters. The van der Waals surface area contributed by atoms with Crippen LogP contribution < -0.4 is 0 Å². The van der Waals surface area contributed by atoms with Crippen molar-refractivity contribution in [2.24, 2.45) is 5.92 Å². The summed E-state index contributed by atoms with van der Waals surface area (Å²) >= 11 is 0. The molecule has 1 fully saturated rings. The van der Waals surface area contributed by atoms with E-state index in [9.17, 15) is 0 Å². The Morgan fingerprint density at radius 1 is 1.07 bits per heavy atom. The van der Waals surface area contributed by atoms with E-state index >= 15 is 0 Å². The molecule has 0 amide bonds. The fourth-order valence-corrected chi connectivity index (χ4v) is 2.68. The third-order valence-corrected chi connectivity index (χ3v) is 3.81. The molecule has 0 spiro atoms. The lowest BCUT2D eigenvalue weighted by atomic mass is 9.94. The van der Waals surface area contributed by atoms with Crippen molar-refractivity contribution in [1.82, 2.24) is 9.80 Å². The number of piperazine rings is 1. The normalized spacial score (nSPS) is 29.5. The van der Waals surface area contributed by atoms with E-state index in [-0.39, 0.29) is 0 Å². The smallest absolute Gasteiger partial charge is 0.0110 e. The molecule has 1 aliphatic heterocycles. The maximum Gasteiger partial charge on any atom is 0.0110 e. The van der Waals surface area contributed by atoms with Crippen molar-refractivity contribution in [3.63, 3.8) is 0 Å². The summed E-state index contributed by atoms with van der Waals surface area (Å²) in [6.07, 6.45) is 8.74. The fourth-order valence-electron chi connectivity index (χ4n) is 2.68. The Labute approximate surface area is 93.9 Å². The molecular formula is C13H24N2. The highest BCUT2D eigenvalue weighted by molar-refractivity contribution is 4.91. The Kier molecular flexibility index (Phi) is 4.21. The monoisotopic (exact) mass is 208 g/mol. The lowest BCUT2D eigenvalue weighted by Gasteiger charge is -2.36. The van der Waals surface area contributed by atoms with Crippen LogP contribution in [0.3, 0.4) is 0 Å². The van der Waals surface area contributed by atoms with Crippen LogP contribution in [0.15, 0.2) is 12.2 Å². The molecule has 0 radical (unpaired) electrons. The van der Waals surface area contributed by atoms with E-state index in [0.29, 0.717) is 0 Å². The molecule has 1 aliphatic carbocycles. The van der Waals surface area contributed by atoms with Crippen LogP contribution in [0, 0.1) is 5.92 Å². The van der Waals surface area contributed by atoms with Gasteiger partial charge in [-0.3, -0.25) is 0 Å². The van der Waals surface area contributed by atoms with Gasteiger partial charge >= 0.3 is 0 Å². The molecule has 2 aliphatic rings. The second kappa shape index (κ2) is 5.66. The Bertz CT molecular complexity index is 205. The van der Waals surface area contributed by atoms with Gasteiger partial charge in [0, 0.05) is 32.7 Å². The van der Waals surface area contributed by atoms with Crippen molar-refractivity contribution in [1.29, 1.82) is 0 Å². The van der Waals surface area contributed by atoms with Gasteiger partial charge in [-0.05, 0) is 31.7 Å². The first kappa shape index (κ1) is 11.2. The van der Waals surface area contributed by atoms with Gasteiger partial charge in [-0.15, -0.1) is 0 Å². The van der Waals surface area contributed by atoms with Crippen LogP contribution >= 0.6 is 0 Å². The number of likely N-dealkylation sites (N-methyl/N-ethyl adjacent to an activating group) is 1. The number of nitrogens with zero attached hydrogens (tertiary/aromatic N) is 2. The van der Waals surface area contributed by atoms with Crippen LogP contribution in [0.1, 0.15) is 26.2 Å². The predicted octanol–water partition coefficient (Wildman–Crippen LogP) is 1.98. The first-order chi connectivity index (χ1) is 7.38. The van der Waals surface area contributed by atoms with E-state index < -0.39 is 0 Å². The van der Waals surface area contributed by atoms with Gasteiger partial charge in [0.2, 0.25) is 0 Å². The summed E-state index contributed by atoms with van der Waals surface area (Å²) in [4.78, 5) is 5.22. The van der Waals surface area contributed by atoms with Crippen molar-refractivity contribution in [2.45, 2.75) is 26.2 Å². The highest BCUT2D eigenvalue weighted by Crippen LogP contribution is 2.19. The van der Waals surface area contributed by atoms with Crippen molar-refractivity contribution >= 4 is 0 Å². The minimum Gasteiger partial charge on any atom is -0.301 e. The Morgan fingerprint density at radius 2 is 1.80 bits per heavy atom. The average Bonchev–Trinajstić information content (AvgIpc) is 2.31. The highest BCUT2D eigenvalue weighted by Gasteiger charge is 2.19. The topological polar surface area (TPSA) is 6.48 Å². The molecule has 0 bridgehead atoms. The fraction of sp³-hybridized carbons (Fsp3) is 0.846. The highest BCUT2D eigenvalue weighted by atomic mass is 15.3. The zero-order chi connectivity index (χ0) is 10.5. The molecule has 1 heterocycles. The van der Waals surface area contributed by atoms with Crippen LogP contribution in [0.25, 0.3) is 0 Å². The quantitative estimate of drug-likeness (QED) is 0.654. The number of allylic oxidation sites excluding steroid dienone is 2. The van der Waals surface area contributed by atoms with Crippen LogP contribution in [0.2, 0.25) is 0 Å². The van der Waals surface area contributed by atoms with Gasteiger partial charge in [0.1, 0.15) is 0 Å². The zero-order valence-electron chi connectivity index (χ0n) is 9.99. The third kappa shape index (κ3) is 3.32. The van der Waals surface area contributed by atoms with Crippen molar-refractivity contribution in [3.05, 3.63) is 12.2 Å². The second-order valence-electron chi connectivity index (χ2n) is 4.89. The van der Waals surface area contributed by atoms with Crippen molar-refractivity contribution in [2.75, 3.05) is 39.3 Å². The number of hydrogen-bond acceptors (Lipinski definition) is 2. The van der Waals surface area contributed by atoms with Gasteiger partial charge < -0.3 is 9.80 Å². The van der Waals surface area contributed by atoms with Gasteiger partial charge in [-0.2, -0.15) is 0 Å². The Morgan fingerprint density at radius 3 is 2.40 bits per heavy atom. The Balaban J connectivity index is 1.69. The summed E-state index contributed by atoms with van der Waals surface area (Å²) in [6, 6.07) is 0. The summed E-state index contributed by atoms with van der Waals surface area (Å²) in [5.74, 6) is 0.933. The van der Waals surface area contributed by atoms with Crippen LogP contribution in [0.5, 0.6) is 0 Å². The molecule has 1 saturated heterocycles. The average molecular weight is 208 g/mol. The molecular weight excluding hydrogens is 184 g/mol. The molecule has 2 heteroatoms. The standard InChI is InChI=1S/C13H24N2/c1-2-14-8-10-15(11-9-14)12-13-6-4-3-5-7-13/h3-4,13H,2,5-12H2,1H3. The lowest BCUT2D eigenvalue weighted by Crippen LogP contribution is -2.47. The molecule has 86 valence electrons. The van der Waals surface area contributed by atoms with Gasteiger partial charge in [-0.25, -0.2) is 0 Å². The summed E-state index contributed by atoms with van der Waals surface area (Å²) in [5, 5.41) is 0. The van der Waals surface area contributed by atoms with E-state index in [1.54, 1.807) is 0 Å². The summed E-state index contributed by atoms with van der Waals surface area (Å²) in [5.41, 5.74) is 0. The minimum atomic E-state index is 0.933. The van der Waals surface area contributed by atoms with E-state index in [4.69, 9.17) is 0 Å². The SMILES string of the molecule is CCN1CCN(CC2CC=CCC2)CC1. The molecule has 0 aromatic rings. The summed E-state index contributed by atoms with van der Waals surface area (Å²) < 4.78 is 0. The van der Waals surface area contributed by atoms with Crippen LogP contribution in [0.4, 0.5) is 0 Å².